The summed E-state index contributed by atoms with van der Waals surface area (Å²) in [5.41, 5.74) is 2.83. The van der Waals surface area contributed by atoms with Gasteiger partial charge in [-0.3, -0.25) is 9.13 Å². The molecule has 0 unspecified atom stereocenters. The molecule has 0 saturated carbocycles. The van der Waals surface area contributed by atoms with E-state index in [1.165, 1.54) is 6.07 Å². The van der Waals surface area contributed by atoms with Gasteiger partial charge in [-0.2, -0.15) is 0 Å². The van der Waals surface area contributed by atoms with Crippen molar-refractivity contribution >= 4 is 31.9 Å². The molecule has 3 aromatic heterocycles. The number of hydrogen-bond acceptors (Lipinski definition) is 5. The van der Waals surface area contributed by atoms with E-state index in [0.717, 1.165) is 22.8 Å². The summed E-state index contributed by atoms with van der Waals surface area (Å²) < 4.78 is 31.5. The fourth-order valence-corrected chi connectivity index (χ4v) is 3.32. The molecule has 0 radical (unpaired) electrons. The molecule has 0 aliphatic rings. The van der Waals surface area contributed by atoms with Crippen LogP contribution in [0.1, 0.15) is 0 Å². The minimum atomic E-state index is -3.41. The lowest BCUT2D eigenvalue weighted by Gasteiger charge is -1.94. The minimum absolute atomic E-state index is 0.106. The third kappa shape index (κ3) is 2.01. The number of sulfone groups is 1. The van der Waals surface area contributed by atoms with Crippen LogP contribution in [0.4, 0.5) is 0 Å². The number of aryl methyl sites for hydroxylation is 2. The number of H-pyrrole nitrogens is 1. The highest BCUT2D eigenvalue weighted by molar-refractivity contribution is 7.90. The molecule has 0 aliphatic heterocycles. The summed E-state index contributed by atoms with van der Waals surface area (Å²) in [7, 11) is 0.00221. The molecule has 0 fully saturated rings. The number of rotatable bonds is 2. The van der Waals surface area contributed by atoms with Crippen molar-refractivity contribution < 1.29 is 12.8 Å². The van der Waals surface area contributed by atoms with Gasteiger partial charge in [-0.05, 0) is 24.3 Å². The van der Waals surface area contributed by atoms with Gasteiger partial charge in [-0.25, -0.2) is 18.2 Å². The van der Waals surface area contributed by atoms with Crippen LogP contribution < -0.4 is 5.69 Å². The van der Waals surface area contributed by atoms with Crippen molar-refractivity contribution in [1.29, 1.82) is 0 Å². The normalized spacial score (nSPS) is 12.5. The first kappa shape index (κ1) is 14.8. The van der Waals surface area contributed by atoms with E-state index in [9.17, 15) is 13.2 Å². The molecule has 4 rings (SSSR count). The van der Waals surface area contributed by atoms with Crippen molar-refractivity contribution in [3.63, 3.8) is 0 Å². The van der Waals surface area contributed by atoms with Gasteiger partial charge in [0.1, 0.15) is 0 Å². The predicted molar refractivity (Wildman–Crippen MR) is 88.6 cm³/mol. The van der Waals surface area contributed by atoms with Crippen molar-refractivity contribution in [1.82, 2.24) is 19.1 Å². The summed E-state index contributed by atoms with van der Waals surface area (Å²) in [6.45, 7) is 0. The third-order valence-electron chi connectivity index (χ3n) is 4.05. The Morgan fingerprint density at radius 2 is 1.79 bits per heavy atom. The zero-order chi connectivity index (χ0) is 17.2. The molecule has 0 aliphatic carbocycles. The third-order valence-corrected chi connectivity index (χ3v) is 5.01. The number of fused-ring (bicyclic) bond motifs is 2. The zero-order valence-electron chi connectivity index (χ0n) is 13.2. The largest absolute Gasteiger partial charge is 0.441 e. The molecule has 0 saturated heterocycles. The maximum absolute atomic E-state index is 12.0. The van der Waals surface area contributed by atoms with E-state index in [0.29, 0.717) is 17.1 Å². The summed E-state index contributed by atoms with van der Waals surface area (Å²) in [5.74, 6) is 0.768. The van der Waals surface area contributed by atoms with Crippen LogP contribution in [0.3, 0.4) is 0 Å². The van der Waals surface area contributed by atoms with Gasteiger partial charge in [-0.1, -0.05) is 0 Å². The van der Waals surface area contributed by atoms with E-state index in [1.807, 2.05) is 12.1 Å². The average molecular weight is 346 g/mol. The second-order valence-corrected chi connectivity index (χ2v) is 7.68. The average Bonchev–Trinajstić information content (AvgIpc) is 3.20. The minimum Gasteiger partial charge on any atom is -0.441 e. The SMILES string of the molecule is Cn1c(=O)n(C)c2cc3[nH]c(-c4ccc(S(C)(=O)=O)o4)nc3cc21. The van der Waals surface area contributed by atoms with Gasteiger partial charge in [0.05, 0.1) is 22.1 Å². The molecular weight excluding hydrogens is 332 g/mol. The number of imidazole rings is 2. The monoisotopic (exact) mass is 346 g/mol. The van der Waals surface area contributed by atoms with Gasteiger partial charge in [0.15, 0.2) is 11.6 Å². The maximum Gasteiger partial charge on any atom is 0.328 e. The first-order chi connectivity index (χ1) is 11.3. The number of nitrogens with one attached hydrogen (secondary N) is 1. The first-order valence-electron chi connectivity index (χ1n) is 7.11. The molecule has 9 heteroatoms. The standard InChI is InChI=1S/C15H14N4O4S/c1-18-10-6-8-9(7-11(10)19(2)15(18)20)17-14(16-8)12-4-5-13(23-12)24(3,21)22/h4-7H,1-3H3,(H,16,17). The van der Waals surface area contributed by atoms with Crippen LogP contribution in [0.2, 0.25) is 0 Å². The van der Waals surface area contributed by atoms with Crippen molar-refractivity contribution in [3.05, 3.63) is 34.7 Å². The Morgan fingerprint density at radius 1 is 1.12 bits per heavy atom. The molecule has 124 valence electrons. The lowest BCUT2D eigenvalue weighted by Crippen LogP contribution is -2.19. The highest BCUT2D eigenvalue weighted by Gasteiger charge is 2.17. The Balaban J connectivity index is 1.93. The second-order valence-electron chi connectivity index (χ2n) is 5.73. The van der Waals surface area contributed by atoms with E-state index in [-0.39, 0.29) is 10.8 Å². The molecule has 0 spiro atoms. The molecule has 1 aromatic carbocycles. The van der Waals surface area contributed by atoms with E-state index >= 15 is 0 Å². The highest BCUT2D eigenvalue weighted by atomic mass is 32.2. The second kappa shape index (κ2) is 4.60. The zero-order valence-corrected chi connectivity index (χ0v) is 14.0. The van der Waals surface area contributed by atoms with Crippen LogP contribution >= 0.6 is 0 Å². The first-order valence-corrected chi connectivity index (χ1v) is 9.00. The van der Waals surface area contributed by atoms with Crippen LogP contribution in [0.25, 0.3) is 33.7 Å². The Hall–Kier alpha value is -2.81. The molecule has 8 nitrogen and oxygen atoms in total. The topological polar surface area (TPSA) is 103 Å². The van der Waals surface area contributed by atoms with Gasteiger partial charge < -0.3 is 9.40 Å². The van der Waals surface area contributed by atoms with Gasteiger partial charge in [0.25, 0.3) is 0 Å². The van der Waals surface area contributed by atoms with Crippen molar-refractivity contribution in [2.45, 2.75) is 5.09 Å². The lowest BCUT2D eigenvalue weighted by atomic mass is 10.2. The Labute approximate surface area is 136 Å². The highest BCUT2D eigenvalue weighted by Crippen LogP contribution is 2.26. The summed E-state index contributed by atoms with van der Waals surface area (Å²) >= 11 is 0. The fourth-order valence-electron chi connectivity index (χ4n) is 2.77. The number of aromatic amines is 1. The summed E-state index contributed by atoms with van der Waals surface area (Å²) in [6, 6.07) is 6.61. The smallest absolute Gasteiger partial charge is 0.328 e. The molecule has 0 bridgehead atoms. The van der Waals surface area contributed by atoms with Crippen molar-refractivity contribution in [3.8, 4) is 11.6 Å². The van der Waals surface area contributed by atoms with Crippen molar-refractivity contribution in [2.24, 2.45) is 14.1 Å². The Bertz CT molecular complexity index is 1210. The Kier molecular flexibility index (Phi) is 2.83. The summed E-state index contributed by atoms with van der Waals surface area (Å²) in [6.07, 6.45) is 1.08. The van der Waals surface area contributed by atoms with Gasteiger partial charge >= 0.3 is 5.69 Å². The van der Waals surface area contributed by atoms with E-state index in [1.54, 1.807) is 29.3 Å². The fraction of sp³-hybridized carbons (Fsp3) is 0.200. The molecule has 0 atom stereocenters. The molecule has 0 amide bonds. The van der Waals surface area contributed by atoms with Crippen LogP contribution in [-0.4, -0.2) is 33.8 Å². The van der Waals surface area contributed by atoms with Crippen LogP contribution in [0.5, 0.6) is 0 Å². The number of nitrogens with zero attached hydrogens (tertiary/aromatic N) is 3. The summed E-state index contributed by atoms with van der Waals surface area (Å²) in [4.78, 5) is 19.5. The number of benzene rings is 1. The predicted octanol–water partition coefficient (Wildman–Crippen LogP) is 1.42. The maximum atomic E-state index is 12.0. The van der Waals surface area contributed by atoms with E-state index in [4.69, 9.17) is 4.42 Å². The molecule has 1 N–H and O–H groups in total. The lowest BCUT2D eigenvalue weighted by molar-refractivity contribution is 0.461. The molecule has 3 heterocycles. The summed E-state index contributed by atoms with van der Waals surface area (Å²) in [5, 5.41) is -0.106. The van der Waals surface area contributed by atoms with Gasteiger partial charge in [0.2, 0.25) is 14.9 Å². The number of hydrogen-bond donors (Lipinski definition) is 1. The van der Waals surface area contributed by atoms with Crippen molar-refractivity contribution in [2.75, 3.05) is 6.26 Å². The van der Waals surface area contributed by atoms with Gasteiger partial charge in [0, 0.05) is 20.4 Å². The number of furan rings is 1. The van der Waals surface area contributed by atoms with E-state index in [2.05, 4.69) is 9.97 Å². The Morgan fingerprint density at radius 3 is 2.42 bits per heavy atom. The molecule has 24 heavy (non-hydrogen) atoms. The van der Waals surface area contributed by atoms with Crippen LogP contribution in [0.15, 0.2) is 38.6 Å². The number of aromatic nitrogens is 4. The quantitative estimate of drug-likeness (QED) is 0.591. The molecular formula is C15H14N4O4S. The van der Waals surface area contributed by atoms with Crippen LogP contribution in [0, 0.1) is 0 Å². The van der Waals surface area contributed by atoms with E-state index < -0.39 is 9.84 Å². The van der Waals surface area contributed by atoms with Crippen LogP contribution in [-0.2, 0) is 23.9 Å². The van der Waals surface area contributed by atoms with Gasteiger partial charge in [-0.15, -0.1) is 0 Å². The molecule has 4 aromatic rings.